The molecule has 29 heavy (non-hydrogen) atoms. The molecule has 10 heteroatoms. The largest absolute Gasteiger partial charge is 0.421 e. The third-order valence-corrected chi connectivity index (χ3v) is 6.18. The number of benzene rings is 2. The minimum Gasteiger partial charge on any atom is -0.376 e. The molecule has 0 saturated carbocycles. The molecule has 0 radical (unpaired) electrons. The number of halogens is 3. The zero-order chi connectivity index (χ0) is 22.0. The van der Waals surface area contributed by atoms with Gasteiger partial charge in [-0.05, 0) is 42.3 Å². The number of hydrogen-bond donors (Lipinski definition) is 2. The summed E-state index contributed by atoms with van der Waals surface area (Å²) in [7, 11) is -0.740. The number of alkyl halides is 3. The van der Waals surface area contributed by atoms with Crippen LogP contribution in [-0.4, -0.2) is 44.0 Å². The van der Waals surface area contributed by atoms with Gasteiger partial charge in [0.15, 0.2) is 5.60 Å². The monoisotopic (exact) mass is 430 g/mol. The number of carbonyl (C=O) groups is 1. The van der Waals surface area contributed by atoms with Crippen LogP contribution in [0, 0.1) is 0 Å². The molecule has 0 heterocycles. The molecule has 0 aliphatic carbocycles. The van der Waals surface area contributed by atoms with Crippen LogP contribution in [0.15, 0.2) is 53.4 Å². The zero-order valence-corrected chi connectivity index (χ0v) is 16.8. The number of anilines is 1. The molecule has 0 aliphatic rings. The highest BCUT2D eigenvalue weighted by Gasteiger charge is 2.51. The first-order chi connectivity index (χ1) is 13.2. The number of hydrogen-bond acceptors (Lipinski definition) is 4. The van der Waals surface area contributed by atoms with Crippen molar-refractivity contribution >= 4 is 21.6 Å². The molecule has 2 rings (SSSR count). The van der Waals surface area contributed by atoms with Crippen molar-refractivity contribution in [1.29, 1.82) is 0 Å². The maximum atomic E-state index is 12.9. The maximum absolute atomic E-state index is 12.9. The van der Waals surface area contributed by atoms with Crippen molar-refractivity contribution in [3.05, 3.63) is 59.7 Å². The Morgan fingerprint density at radius 1 is 1.03 bits per heavy atom. The summed E-state index contributed by atoms with van der Waals surface area (Å²) in [4.78, 5) is 12.2. The fraction of sp³-hybridized carbons (Fsp3) is 0.316. The van der Waals surface area contributed by atoms with E-state index in [1.807, 2.05) is 0 Å². The van der Waals surface area contributed by atoms with Crippen molar-refractivity contribution in [2.45, 2.75) is 30.0 Å². The van der Waals surface area contributed by atoms with E-state index in [1.165, 1.54) is 50.5 Å². The first-order valence-electron chi connectivity index (χ1n) is 8.46. The second-order valence-electron chi connectivity index (χ2n) is 6.80. The highest BCUT2D eigenvalue weighted by atomic mass is 32.2. The Balaban J connectivity index is 2.05. The molecule has 2 N–H and O–H groups in total. The molecule has 0 fully saturated rings. The lowest BCUT2D eigenvalue weighted by molar-refractivity contribution is -0.258. The third-order valence-electron chi connectivity index (χ3n) is 4.35. The Labute approximate surface area is 167 Å². The summed E-state index contributed by atoms with van der Waals surface area (Å²) < 4.78 is 63.7. The van der Waals surface area contributed by atoms with Gasteiger partial charge < -0.3 is 10.4 Å². The molecule has 2 aromatic carbocycles. The molecule has 158 valence electrons. The number of amides is 1. The topological polar surface area (TPSA) is 86.7 Å². The van der Waals surface area contributed by atoms with Gasteiger partial charge in [0.1, 0.15) is 0 Å². The fourth-order valence-electron chi connectivity index (χ4n) is 2.42. The number of aliphatic hydroxyl groups is 1. The van der Waals surface area contributed by atoms with Gasteiger partial charge in [-0.2, -0.15) is 13.2 Å². The lowest BCUT2D eigenvalue weighted by Crippen LogP contribution is -2.39. The summed E-state index contributed by atoms with van der Waals surface area (Å²) in [6.45, 7) is 0.654. The molecule has 0 bridgehead atoms. The van der Waals surface area contributed by atoms with E-state index in [1.54, 1.807) is 0 Å². The molecule has 0 aliphatic heterocycles. The van der Waals surface area contributed by atoms with Gasteiger partial charge in [-0.1, -0.05) is 24.3 Å². The van der Waals surface area contributed by atoms with Gasteiger partial charge in [0.25, 0.3) is 0 Å². The Morgan fingerprint density at radius 3 is 2.00 bits per heavy atom. The predicted octanol–water partition coefficient (Wildman–Crippen LogP) is 2.89. The molecule has 2 aromatic rings. The molecular formula is C19H21F3N2O4S. The maximum Gasteiger partial charge on any atom is 0.421 e. The molecule has 6 nitrogen and oxygen atoms in total. The van der Waals surface area contributed by atoms with E-state index in [0.29, 0.717) is 12.5 Å². The molecule has 0 spiro atoms. The van der Waals surface area contributed by atoms with Crippen LogP contribution in [0.4, 0.5) is 18.9 Å². The van der Waals surface area contributed by atoms with Crippen molar-refractivity contribution in [3.63, 3.8) is 0 Å². The van der Waals surface area contributed by atoms with E-state index >= 15 is 0 Å². The molecular weight excluding hydrogens is 409 g/mol. The van der Waals surface area contributed by atoms with Gasteiger partial charge in [0.05, 0.1) is 11.3 Å². The van der Waals surface area contributed by atoms with E-state index in [2.05, 4.69) is 5.32 Å². The van der Waals surface area contributed by atoms with Crippen LogP contribution in [0.2, 0.25) is 0 Å². The Morgan fingerprint density at radius 2 is 1.55 bits per heavy atom. The first-order valence-corrected chi connectivity index (χ1v) is 9.90. The Hall–Kier alpha value is -2.43. The first kappa shape index (κ1) is 22.9. The SMILES string of the molecule is CN(C)S(=O)(=O)c1ccc(CC(=O)Nc2ccc(C(C)(O)C(F)(F)F)cc2)cc1. The second kappa shape index (κ2) is 8.13. The van der Waals surface area contributed by atoms with Crippen molar-refractivity contribution < 1.29 is 31.5 Å². The number of rotatable bonds is 6. The highest BCUT2D eigenvalue weighted by molar-refractivity contribution is 7.89. The standard InChI is InChI=1S/C19H21F3N2O4S/c1-18(26,19(20,21)22)14-6-8-15(9-7-14)23-17(25)12-13-4-10-16(11-5-13)29(27,28)24(2)3/h4-11,26H,12H2,1-3H3,(H,23,25). The molecule has 1 unspecified atom stereocenters. The van der Waals surface area contributed by atoms with E-state index in [9.17, 15) is 31.5 Å². The number of nitrogens with one attached hydrogen (secondary N) is 1. The lowest BCUT2D eigenvalue weighted by atomic mass is 9.95. The van der Waals surface area contributed by atoms with E-state index in [0.717, 1.165) is 16.4 Å². The second-order valence-corrected chi connectivity index (χ2v) is 8.96. The van der Waals surface area contributed by atoms with Crippen LogP contribution < -0.4 is 5.32 Å². The van der Waals surface area contributed by atoms with Gasteiger partial charge in [0.2, 0.25) is 15.9 Å². The molecule has 1 atom stereocenters. The number of carbonyl (C=O) groups excluding carboxylic acids is 1. The predicted molar refractivity (Wildman–Crippen MR) is 102 cm³/mol. The van der Waals surface area contributed by atoms with Crippen LogP contribution in [0.1, 0.15) is 18.1 Å². The van der Waals surface area contributed by atoms with Crippen molar-refractivity contribution in [2.75, 3.05) is 19.4 Å². The van der Waals surface area contributed by atoms with Crippen molar-refractivity contribution in [3.8, 4) is 0 Å². The fourth-order valence-corrected chi connectivity index (χ4v) is 3.32. The van der Waals surface area contributed by atoms with Crippen molar-refractivity contribution in [2.24, 2.45) is 0 Å². The summed E-state index contributed by atoms with van der Waals surface area (Å²) in [5.41, 5.74) is -2.51. The average molecular weight is 430 g/mol. The zero-order valence-electron chi connectivity index (χ0n) is 16.0. The number of nitrogens with zero attached hydrogens (tertiary/aromatic N) is 1. The smallest absolute Gasteiger partial charge is 0.376 e. The van der Waals surface area contributed by atoms with Crippen LogP contribution in [0.3, 0.4) is 0 Å². The van der Waals surface area contributed by atoms with Gasteiger partial charge in [-0.15, -0.1) is 0 Å². The third kappa shape index (κ3) is 5.14. The van der Waals surface area contributed by atoms with Crippen LogP contribution >= 0.6 is 0 Å². The van der Waals surface area contributed by atoms with Gasteiger partial charge in [-0.3, -0.25) is 4.79 Å². The van der Waals surface area contributed by atoms with E-state index in [4.69, 9.17) is 0 Å². The van der Waals surface area contributed by atoms with Gasteiger partial charge in [0, 0.05) is 19.8 Å². The van der Waals surface area contributed by atoms with Crippen LogP contribution in [0.25, 0.3) is 0 Å². The van der Waals surface area contributed by atoms with Crippen LogP contribution in [-0.2, 0) is 26.8 Å². The summed E-state index contributed by atoms with van der Waals surface area (Å²) >= 11 is 0. The van der Waals surface area contributed by atoms with Crippen LogP contribution in [0.5, 0.6) is 0 Å². The highest BCUT2D eigenvalue weighted by Crippen LogP contribution is 2.38. The summed E-state index contributed by atoms with van der Waals surface area (Å²) in [5.74, 6) is -0.427. The minimum absolute atomic E-state index is 0.0513. The Kier molecular flexibility index (Phi) is 6.41. The molecule has 1 amide bonds. The molecule has 0 saturated heterocycles. The summed E-state index contributed by atoms with van der Waals surface area (Å²) in [6, 6.07) is 10.5. The average Bonchev–Trinajstić information content (AvgIpc) is 2.61. The van der Waals surface area contributed by atoms with E-state index < -0.39 is 27.7 Å². The van der Waals surface area contributed by atoms with E-state index in [-0.39, 0.29) is 22.6 Å². The lowest BCUT2D eigenvalue weighted by Gasteiger charge is -2.26. The normalized spacial score (nSPS) is 14.5. The summed E-state index contributed by atoms with van der Waals surface area (Å²) in [6.07, 6.45) is -4.88. The Bertz CT molecular complexity index is 968. The number of sulfonamides is 1. The van der Waals surface area contributed by atoms with Crippen molar-refractivity contribution in [1.82, 2.24) is 4.31 Å². The minimum atomic E-state index is -4.83. The quantitative estimate of drug-likeness (QED) is 0.738. The summed E-state index contributed by atoms with van der Waals surface area (Å²) in [5, 5.41) is 12.2. The molecule has 0 aromatic heterocycles. The van der Waals surface area contributed by atoms with Gasteiger partial charge in [-0.25, -0.2) is 12.7 Å². The van der Waals surface area contributed by atoms with Gasteiger partial charge >= 0.3 is 6.18 Å².